The van der Waals surface area contributed by atoms with Gasteiger partial charge in [-0.05, 0) is 97.4 Å². The molecule has 238 valence electrons. The maximum absolute atomic E-state index is 14.1. The highest BCUT2D eigenvalue weighted by Crippen LogP contribution is 2.33. The lowest BCUT2D eigenvalue weighted by atomic mass is 9.84. The topological polar surface area (TPSA) is 103 Å². The Morgan fingerprint density at radius 1 is 1.14 bits per heavy atom. The van der Waals surface area contributed by atoms with Crippen LogP contribution in [0.3, 0.4) is 0 Å². The third-order valence-corrected chi connectivity index (χ3v) is 8.36. The summed E-state index contributed by atoms with van der Waals surface area (Å²) in [6.45, 7) is 14.1. The number of aliphatic hydroxyl groups excluding tert-OH is 1. The summed E-state index contributed by atoms with van der Waals surface area (Å²) in [7, 11) is 1.69. The highest BCUT2D eigenvalue weighted by Gasteiger charge is 2.27. The van der Waals surface area contributed by atoms with Crippen molar-refractivity contribution < 1.29 is 23.8 Å². The van der Waals surface area contributed by atoms with Crippen LogP contribution in [0.4, 0.5) is 10.2 Å². The molecule has 0 spiro atoms. The normalized spacial score (nSPS) is 20.7. The number of hydrogen-bond acceptors (Lipinski definition) is 9. The number of benzene rings is 1. The molecule has 2 heterocycles. The van der Waals surface area contributed by atoms with E-state index in [0.717, 1.165) is 58.4 Å². The maximum Gasteiger partial charge on any atom is 0.257 e. The molecule has 1 aromatic carbocycles. The van der Waals surface area contributed by atoms with Gasteiger partial charge in [-0.3, -0.25) is 15.0 Å². The molecule has 4 rings (SSSR count). The van der Waals surface area contributed by atoms with Gasteiger partial charge < -0.3 is 24.4 Å². The first-order valence-corrected chi connectivity index (χ1v) is 15.5. The average molecular weight is 601 g/mol. The quantitative estimate of drug-likeness (QED) is 0.357. The summed E-state index contributed by atoms with van der Waals surface area (Å²) < 4.78 is 25.9. The minimum absolute atomic E-state index is 0.0462. The molecule has 2 aromatic rings. The van der Waals surface area contributed by atoms with Crippen LogP contribution in [-0.2, 0) is 4.74 Å². The van der Waals surface area contributed by atoms with Gasteiger partial charge in [0.2, 0.25) is 6.41 Å². The molecular weight excluding hydrogens is 551 g/mol. The maximum atomic E-state index is 14.1. The van der Waals surface area contributed by atoms with Gasteiger partial charge in [0, 0.05) is 45.3 Å². The molecule has 43 heavy (non-hydrogen) atoms. The number of aliphatic hydroxyl groups is 1. The lowest BCUT2D eigenvalue weighted by Crippen LogP contribution is -2.47. The number of rotatable bonds is 11. The Morgan fingerprint density at radius 2 is 1.84 bits per heavy atom. The zero-order chi connectivity index (χ0) is 31.1. The van der Waals surface area contributed by atoms with Crippen molar-refractivity contribution in [2.45, 2.75) is 90.8 Å². The molecule has 1 aromatic heterocycles. The van der Waals surface area contributed by atoms with Crippen molar-refractivity contribution >= 4 is 11.7 Å². The number of halogens is 1. The number of amides is 1. The van der Waals surface area contributed by atoms with Crippen molar-refractivity contribution in [3.8, 4) is 11.5 Å². The van der Waals surface area contributed by atoms with E-state index in [-0.39, 0.29) is 28.9 Å². The molecule has 11 heteroatoms. The SMILES string of the molecule is CC(C)N(C)C(=O)c1cc(F)ccc1Oc1cncnc1N1CCN(CC[C@H]2CC[C@H](NC(O)OC(C)(C)C)CC2)CC1. The Labute approximate surface area is 255 Å². The molecule has 2 aliphatic rings. The van der Waals surface area contributed by atoms with Crippen LogP contribution in [0, 0.1) is 11.7 Å². The fraction of sp³-hybridized carbons (Fsp3) is 0.656. The summed E-state index contributed by atoms with van der Waals surface area (Å²) in [5, 5.41) is 13.4. The van der Waals surface area contributed by atoms with Crippen LogP contribution in [0.2, 0.25) is 0 Å². The molecule has 0 radical (unpaired) electrons. The predicted molar refractivity (Wildman–Crippen MR) is 165 cm³/mol. The van der Waals surface area contributed by atoms with Crippen molar-refractivity contribution in [1.29, 1.82) is 0 Å². The van der Waals surface area contributed by atoms with Crippen LogP contribution in [-0.4, -0.2) is 94.7 Å². The number of nitrogens with zero attached hydrogens (tertiary/aromatic N) is 5. The zero-order valence-electron chi connectivity index (χ0n) is 26.6. The van der Waals surface area contributed by atoms with E-state index in [0.29, 0.717) is 23.5 Å². The summed E-state index contributed by atoms with van der Waals surface area (Å²) in [6.07, 6.45) is 7.75. The van der Waals surface area contributed by atoms with E-state index in [1.54, 1.807) is 18.1 Å². The molecule has 2 N–H and O–H groups in total. The Balaban J connectivity index is 1.28. The van der Waals surface area contributed by atoms with Gasteiger partial charge >= 0.3 is 0 Å². The monoisotopic (exact) mass is 600 g/mol. The number of carbonyl (C=O) groups excluding carboxylic acids is 1. The van der Waals surface area contributed by atoms with Gasteiger partial charge in [-0.1, -0.05) is 0 Å². The van der Waals surface area contributed by atoms with Gasteiger partial charge in [0.15, 0.2) is 11.6 Å². The standard InChI is InChI=1S/C32H49FN6O4/c1-22(2)37(6)30(40)26-19-24(33)9-12-27(26)42-28-20-34-21-35-29(28)39-17-15-38(16-18-39)14-13-23-7-10-25(11-8-23)36-31(41)43-32(3,4)5/h9,12,19-23,25,31,36,41H,7-8,10-11,13-18H2,1-6H3/t23-,25-,31?. The molecule has 1 aliphatic heterocycles. The fourth-order valence-corrected chi connectivity index (χ4v) is 5.66. The summed E-state index contributed by atoms with van der Waals surface area (Å²) in [5.41, 5.74) is -0.220. The molecule has 1 aliphatic carbocycles. The van der Waals surface area contributed by atoms with Crippen molar-refractivity contribution in [3.05, 3.63) is 42.1 Å². The number of nitrogens with one attached hydrogen (secondary N) is 1. The first-order chi connectivity index (χ1) is 20.4. The van der Waals surface area contributed by atoms with Crippen molar-refractivity contribution in [2.75, 3.05) is 44.7 Å². The fourth-order valence-electron chi connectivity index (χ4n) is 5.66. The summed E-state index contributed by atoms with van der Waals surface area (Å²) in [6, 6.07) is 4.23. The molecule has 1 atom stereocenters. The van der Waals surface area contributed by atoms with Gasteiger partial charge in [-0.15, -0.1) is 0 Å². The smallest absolute Gasteiger partial charge is 0.257 e. The highest BCUT2D eigenvalue weighted by atomic mass is 19.1. The van der Waals surface area contributed by atoms with Crippen LogP contribution >= 0.6 is 0 Å². The number of piperazine rings is 1. The van der Waals surface area contributed by atoms with E-state index in [9.17, 15) is 14.3 Å². The van der Waals surface area contributed by atoms with Gasteiger partial charge in [0.1, 0.15) is 17.9 Å². The van der Waals surface area contributed by atoms with Gasteiger partial charge in [-0.25, -0.2) is 14.4 Å². The average Bonchev–Trinajstić information content (AvgIpc) is 2.96. The van der Waals surface area contributed by atoms with Gasteiger partial charge in [-0.2, -0.15) is 0 Å². The van der Waals surface area contributed by atoms with Crippen LogP contribution in [0.15, 0.2) is 30.7 Å². The largest absolute Gasteiger partial charge is 0.451 e. The molecule has 1 saturated heterocycles. The van der Waals surface area contributed by atoms with E-state index in [4.69, 9.17) is 9.47 Å². The van der Waals surface area contributed by atoms with Crippen molar-refractivity contribution in [2.24, 2.45) is 5.92 Å². The Kier molecular flexibility index (Phi) is 11.3. The first-order valence-electron chi connectivity index (χ1n) is 15.5. The minimum atomic E-state index is -0.926. The number of hydrogen-bond donors (Lipinski definition) is 2. The van der Waals surface area contributed by atoms with Crippen LogP contribution < -0.4 is 15.0 Å². The number of carbonyl (C=O) groups is 1. The van der Waals surface area contributed by atoms with E-state index in [2.05, 4.69) is 25.1 Å². The number of anilines is 1. The minimum Gasteiger partial charge on any atom is -0.451 e. The van der Waals surface area contributed by atoms with Crippen LogP contribution in [0.1, 0.15) is 77.1 Å². The van der Waals surface area contributed by atoms with E-state index in [1.807, 2.05) is 34.6 Å². The molecule has 1 amide bonds. The van der Waals surface area contributed by atoms with E-state index < -0.39 is 12.2 Å². The Bertz CT molecular complexity index is 1190. The van der Waals surface area contributed by atoms with E-state index >= 15 is 0 Å². The zero-order valence-corrected chi connectivity index (χ0v) is 26.6. The second-order valence-electron chi connectivity index (χ2n) is 13.0. The molecule has 2 fully saturated rings. The second kappa shape index (κ2) is 14.7. The number of ether oxygens (including phenoxy) is 2. The molecular formula is C32H49FN6O4. The van der Waals surface area contributed by atoms with Crippen LogP contribution in [0.25, 0.3) is 0 Å². The third kappa shape index (κ3) is 9.56. The molecule has 1 saturated carbocycles. The molecule has 10 nitrogen and oxygen atoms in total. The number of aromatic nitrogens is 2. The summed E-state index contributed by atoms with van der Waals surface area (Å²) in [5.74, 6) is 1.26. The highest BCUT2D eigenvalue weighted by molar-refractivity contribution is 5.97. The van der Waals surface area contributed by atoms with Crippen LogP contribution in [0.5, 0.6) is 11.5 Å². The Hall–Kier alpha value is -2.86. The predicted octanol–water partition coefficient (Wildman–Crippen LogP) is 4.64. The molecule has 0 bridgehead atoms. The summed E-state index contributed by atoms with van der Waals surface area (Å²) >= 11 is 0. The van der Waals surface area contributed by atoms with Gasteiger partial charge in [0.25, 0.3) is 5.91 Å². The second-order valence-corrected chi connectivity index (χ2v) is 13.0. The summed E-state index contributed by atoms with van der Waals surface area (Å²) in [4.78, 5) is 28.0. The van der Waals surface area contributed by atoms with Crippen molar-refractivity contribution in [1.82, 2.24) is 25.1 Å². The lowest BCUT2D eigenvalue weighted by Gasteiger charge is -2.37. The van der Waals surface area contributed by atoms with E-state index in [1.165, 1.54) is 30.9 Å². The van der Waals surface area contributed by atoms with Crippen molar-refractivity contribution in [3.63, 3.8) is 0 Å². The lowest BCUT2D eigenvalue weighted by molar-refractivity contribution is -0.186. The Morgan fingerprint density at radius 3 is 2.49 bits per heavy atom. The first kappa shape index (κ1) is 33.0. The molecule has 1 unspecified atom stereocenters. The third-order valence-electron chi connectivity index (χ3n) is 8.36. The van der Waals surface area contributed by atoms with Gasteiger partial charge in [0.05, 0.1) is 17.4 Å².